The topological polar surface area (TPSA) is 49.4 Å². The summed E-state index contributed by atoms with van der Waals surface area (Å²) in [6.45, 7) is 4.65. The highest BCUT2D eigenvalue weighted by molar-refractivity contribution is 8.00. The van der Waals surface area contributed by atoms with Crippen molar-refractivity contribution in [2.45, 2.75) is 37.8 Å². The number of halogens is 2. The lowest BCUT2D eigenvalue weighted by Crippen LogP contribution is -2.48. The smallest absolute Gasteiger partial charge is 0.242 e. The molecule has 150 valence electrons. The lowest BCUT2D eigenvalue weighted by Gasteiger charge is -2.28. The van der Waals surface area contributed by atoms with Gasteiger partial charge in [0.05, 0.1) is 5.75 Å². The molecule has 0 aromatic heterocycles. The first kappa shape index (κ1) is 22.6. The second kappa shape index (κ2) is 11.3. The summed E-state index contributed by atoms with van der Waals surface area (Å²) in [7, 11) is 0. The van der Waals surface area contributed by atoms with Crippen LogP contribution in [-0.2, 0) is 16.1 Å². The summed E-state index contributed by atoms with van der Waals surface area (Å²) in [6.07, 6.45) is 0.840. The van der Waals surface area contributed by atoms with Crippen molar-refractivity contribution >= 4 is 46.8 Å². The van der Waals surface area contributed by atoms with Gasteiger partial charge in [0.25, 0.3) is 0 Å². The summed E-state index contributed by atoms with van der Waals surface area (Å²) >= 11 is 13.4. The van der Waals surface area contributed by atoms with E-state index in [1.165, 1.54) is 11.8 Å². The molecule has 0 radical (unpaired) electrons. The maximum Gasteiger partial charge on any atom is 0.242 e. The first-order valence-electron chi connectivity index (χ1n) is 9.10. The van der Waals surface area contributed by atoms with E-state index in [1.54, 1.807) is 30.0 Å². The van der Waals surface area contributed by atoms with Gasteiger partial charge in [0.15, 0.2) is 0 Å². The molecule has 2 rings (SSSR count). The summed E-state index contributed by atoms with van der Waals surface area (Å²) in [5.41, 5.74) is 0.882. The molecule has 28 heavy (non-hydrogen) atoms. The van der Waals surface area contributed by atoms with E-state index >= 15 is 0 Å². The molecule has 0 spiro atoms. The van der Waals surface area contributed by atoms with Crippen LogP contribution in [0.25, 0.3) is 0 Å². The molecule has 2 amide bonds. The minimum Gasteiger partial charge on any atom is -0.354 e. The Morgan fingerprint density at radius 2 is 1.82 bits per heavy atom. The van der Waals surface area contributed by atoms with Gasteiger partial charge in [-0.1, -0.05) is 42.3 Å². The fourth-order valence-corrected chi connectivity index (χ4v) is 3.69. The molecule has 7 heteroatoms. The van der Waals surface area contributed by atoms with Crippen LogP contribution >= 0.6 is 35.0 Å². The van der Waals surface area contributed by atoms with Crippen LogP contribution in [0.3, 0.4) is 0 Å². The number of rotatable bonds is 9. The Balaban J connectivity index is 2.12. The number of nitrogens with one attached hydrogen (secondary N) is 1. The van der Waals surface area contributed by atoms with Crippen molar-refractivity contribution in [3.05, 3.63) is 64.1 Å². The Kier molecular flexibility index (Phi) is 9.16. The van der Waals surface area contributed by atoms with E-state index in [4.69, 9.17) is 23.2 Å². The zero-order valence-electron chi connectivity index (χ0n) is 16.0. The summed E-state index contributed by atoms with van der Waals surface area (Å²) in [6, 6.07) is 14.1. The molecule has 0 aliphatic rings. The van der Waals surface area contributed by atoms with Crippen LogP contribution in [0, 0.1) is 0 Å². The normalized spacial score (nSPS) is 11.7. The van der Waals surface area contributed by atoms with Gasteiger partial charge in [0.1, 0.15) is 6.04 Å². The second-order valence-electron chi connectivity index (χ2n) is 6.36. The lowest BCUT2D eigenvalue weighted by molar-refractivity contribution is -0.138. The van der Waals surface area contributed by atoms with Gasteiger partial charge in [-0.15, -0.1) is 11.8 Å². The monoisotopic (exact) mass is 438 g/mol. The predicted octanol–water partition coefficient (Wildman–Crippen LogP) is 5.03. The number of carbonyl (C=O) groups is 2. The Bertz CT molecular complexity index is 799. The largest absolute Gasteiger partial charge is 0.354 e. The first-order chi connectivity index (χ1) is 13.4. The number of nitrogens with zero attached hydrogens (tertiary/aromatic N) is 1. The summed E-state index contributed by atoms with van der Waals surface area (Å²) in [4.78, 5) is 28.0. The molecule has 4 nitrogen and oxygen atoms in total. The Morgan fingerprint density at radius 1 is 1.11 bits per heavy atom. The Labute approximate surface area is 180 Å². The van der Waals surface area contributed by atoms with E-state index in [0.717, 1.165) is 16.9 Å². The van der Waals surface area contributed by atoms with Gasteiger partial charge in [-0.25, -0.2) is 0 Å². The van der Waals surface area contributed by atoms with E-state index in [2.05, 4.69) is 5.32 Å². The van der Waals surface area contributed by atoms with Crippen LogP contribution in [0.5, 0.6) is 0 Å². The van der Waals surface area contributed by atoms with Crippen LogP contribution in [-0.4, -0.2) is 35.1 Å². The molecule has 0 fully saturated rings. The van der Waals surface area contributed by atoms with Crippen molar-refractivity contribution in [1.29, 1.82) is 0 Å². The molecule has 2 aromatic rings. The summed E-state index contributed by atoms with van der Waals surface area (Å²) in [5, 5.41) is 4.12. The van der Waals surface area contributed by atoms with Gasteiger partial charge < -0.3 is 10.2 Å². The molecule has 2 aromatic carbocycles. The summed E-state index contributed by atoms with van der Waals surface area (Å²) < 4.78 is 0. The third-order valence-electron chi connectivity index (χ3n) is 4.13. The average molecular weight is 439 g/mol. The van der Waals surface area contributed by atoms with Crippen LogP contribution in [0.4, 0.5) is 0 Å². The Hall–Kier alpha value is -1.69. The molecule has 1 N–H and O–H groups in total. The van der Waals surface area contributed by atoms with Crippen molar-refractivity contribution < 1.29 is 9.59 Å². The molecule has 0 aliphatic carbocycles. The fourth-order valence-electron chi connectivity index (χ4n) is 2.57. The number of carbonyl (C=O) groups excluding carboxylic acids is 2. The molecule has 1 atom stereocenters. The molecule has 0 unspecified atom stereocenters. The highest BCUT2D eigenvalue weighted by atomic mass is 35.5. The van der Waals surface area contributed by atoms with E-state index in [9.17, 15) is 9.59 Å². The maximum absolute atomic E-state index is 13.0. The third-order valence-corrected chi connectivity index (χ3v) is 5.62. The van der Waals surface area contributed by atoms with Gasteiger partial charge in [-0.2, -0.15) is 0 Å². The van der Waals surface area contributed by atoms with Gasteiger partial charge in [-0.05, 0) is 55.3 Å². The van der Waals surface area contributed by atoms with Crippen molar-refractivity contribution in [1.82, 2.24) is 10.2 Å². The predicted molar refractivity (Wildman–Crippen MR) is 117 cm³/mol. The molecule has 0 heterocycles. The zero-order valence-corrected chi connectivity index (χ0v) is 18.3. The van der Waals surface area contributed by atoms with Crippen molar-refractivity contribution in [3.8, 4) is 0 Å². The van der Waals surface area contributed by atoms with Crippen molar-refractivity contribution in [2.75, 3.05) is 12.3 Å². The highest BCUT2D eigenvalue weighted by Crippen LogP contribution is 2.22. The van der Waals surface area contributed by atoms with E-state index in [0.29, 0.717) is 23.1 Å². The number of hydrogen-bond donors (Lipinski definition) is 1. The minimum atomic E-state index is -0.580. The van der Waals surface area contributed by atoms with Crippen LogP contribution in [0.2, 0.25) is 10.0 Å². The number of amides is 2. The van der Waals surface area contributed by atoms with E-state index < -0.39 is 6.04 Å². The highest BCUT2D eigenvalue weighted by Gasteiger charge is 2.26. The summed E-state index contributed by atoms with van der Waals surface area (Å²) in [5.74, 6) is -0.0408. The van der Waals surface area contributed by atoms with E-state index in [1.807, 2.05) is 37.3 Å². The van der Waals surface area contributed by atoms with Crippen LogP contribution in [0.1, 0.15) is 25.8 Å². The molecule has 0 bridgehead atoms. The van der Waals surface area contributed by atoms with Crippen LogP contribution < -0.4 is 5.32 Å². The quantitative estimate of drug-likeness (QED) is 0.558. The van der Waals surface area contributed by atoms with Gasteiger partial charge in [0, 0.05) is 28.0 Å². The van der Waals surface area contributed by atoms with Crippen LogP contribution in [0.15, 0.2) is 53.4 Å². The average Bonchev–Trinajstić information content (AvgIpc) is 2.69. The van der Waals surface area contributed by atoms with Gasteiger partial charge in [-0.3, -0.25) is 9.59 Å². The van der Waals surface area contributed by atoms with Gasteiger partial charge >= 0.3 is 0 Å². The van der Waals surface area contributed by atoms with Crippen molar-refractivity contribution in [2.24, 2.45) is 0 Å². The maximum atomic E-state index is 13.0. The standard InChI is InChI=1S/C21H24Cl2N2O2S/c1-3-11-24-21(27)15(2)25(13-16-5-4-6-18(23)12-16)20(26)14-28-19-9-7-17(22)8-10-19/h4-10,12,15H,3,11,13-14H2,1-2H3,(H,24,27)/t15-/m0/s1. The van der Waals surface area contributed by atoms with E-state index in [-0.39, 0.29) is 17.6 Å². The minimum absolute atomic E-state index is 0.112. The fraction of sp³-hybridized carbons (Fsp3) is 0.333. The van der Waals surface area contributed by atoms with Gasteiger partial charge in [0.2, 0.25) is 11.8 Å². The molecular formula is C21H24Cl2N2O2S. The second-order valence-corrected chi connectivity index (χ2v) is 8.28. The molecule has 0 saturated carbocycles. The number of thioether (sulfide) groups is 1. The first-order valence-corrected chi connectivity index (χ1v) is 10.8. The van der Waals surface area contributed by atoms with Crippen molar-refractivity contribution in [3.63, 3.8) is 0 Å². The third kappa shape index (κ3) is 7.04. The lowest BCUT2D eigenvalue weighted by atomic mass is 10.1. The number of hydrogen-bond acceptors (Lipinski definition) is 3. The zero-order chi connectivity index (χ0) is 20.5. The molecule has 0 saturated heterocycles. The Morgan fingerprint density at radius 3 is 2.46 bits per heavy atom. The molecular weight excluding hydrogens is 415 g/mol. The number of benzene rings is 2. The molecule has 0 aliphatic heterocycles. The SMILES string of the molecule is CCCNC(=O)[C@H](C)N(Cc1cccc(Cl)c1)C(=O)CSc1ccc(Cl)cc1.